The number of unbranched alkanes of at least 4 members (excludes halogenated alkanes) is 1. The Bertz CT molecular complexity index is 562. The van der Waals surface area contributed by atoms with Crippen molar-refractivity contribution in [2.45, 2.75) is 26.3 Å². The summed E-state index contributed by atoms with van der Waals surface area (Å²) in [5, 5.41) is 5.77. The average Bonchev–Trinajstić information content (AvgIpc) is 2.29. The van der Waals surface area contributed by atoms with Crippen LogP contribution in [-0.2, 0) is 6.54 Å². The summed E-state index contributed by atoms with van der Waals surface area (Å²) in [5.74, 6) is 0. The highest BCUT2D eigenvalue weighted by molar-refractivity contribution is 9.10. The van der Waals surface area contributed by atoms with Crippen molar-refractivity contribution in [2.75, 3.05) is 0 Å². The Morgan fingerprint density at radius 3 is 3.00 bits per heavy atom. The highest BCUT2D eigenvalue weighted by atomic mass is 79.9. The molecule has 0 aliphatic heterocycles. The van der Waals surface area contributed by atoms with Crippen molar-refractivity contribution in [3.63, 3.8) is 0 Å². The lowest BCUT2D eigenvalue weighted by Crippen LogP contribution is -2.22. The minimum Gasteiger partial charge on any atom is -0.267 e. The number of benzene rings is 1. The monoisotopic (exact) mass is 280 g/mol. The SMILES string of the molecule is CCCCn1ncc2ccc(Br)cc2c1=O. The van der Waals surface area contributed by atoms with Gasteiger partial charge in [0.1, 0.15) is 0 Å². The third-order valence-electron chi connectivity index (χ3n) is 2.54. The van der Waals surface area contributed by atoms with E-state index in [1.807, 2.05) is 18.2 Å². The summed E-state index contributed by atoms with van der Waals surface area (Å²) in [6.45, 7) is 2.79. The van der Waals surface area contributed by atoms with Crippen LogP contribution in [0.3, 0.4) is 0 Å². The quantitative estimate of drug-likeness (QED) is 0.867. The van der Waals surface area contributed by atoms with E-state index in [1.165, 1.54) is 4.68 Å². The van der Waals surface area contributed by atoms with E-state index in [0.717, 1.165) is 28.1 Å². The number of fused-ring (bicyclic) bond motifs is 1. The van der Waals surface area contributed by atoms with Crippen molar-refractivity contribution in [1.29, 1.82) is 0 Å². The molecule has 2 rings (SSSR count). The van der Waals surface area contributed by atoms with Gasteiger partial charge in [0, 0.05) is 16.4 Å². The van der Waals surface area contributed by atoms with Crippen molar-refractivity contribution in [3.05, 3.63) is 39.2 Å². The van der Waals surface area contributed by atoms with E-state index in [-0.39, 0.29) is 5.56 Å². The maximum absolute atomic E-state index is 12.1. The zero-order valence-electron chi connectivity index (χ0n) is 9.11. The number of hydrogen-bond donors (Lipinski definition) is 0. The Balaban J connectivity index is 2.55. The van der Waals surface area contributed by atoms with Crippen molar-refractivity contribution < 1.29 is 0 Å². The molecule has 1 aromatic carbocycles. The molecular formula is C12H13BrN2O. The zero-order chi connectivity index (χ0) is 11.5. The number of aryl methyl sites for hydroxylation is 1. The molecule has 0 radical (unpaired) electrons. The van der Waals surface area contributed by atoms with Crippen molar-refractivity contribution in [3.8, 4) is 0 Å². The maximum Gasteiger partial charge on any atom is 0.274 e. The zero-order valence-corrected chi connectivity index (χ0v) is 10.7. The molecule has 0 fully saturated rings. The molecule has 0 aliphatic rings. The molecule has 1 aromatic heterocycles. The first kappa shape index (κ1) is 11.3. The van der Waals surface area contributed by atoms with Gasteiger partial charge < -0.3 is 0 Å². The third-order valence-corrected chi connectivity index (χ3v) is 3.03. The van der Waals surface area contributed by atoms with Crippen LogP contribution < -0.4 is 5.56 Å². The minimum atomic E-state index is -0.00718. The lowest BCUT2D eigenvalue weighted by atomic mass is 10.2. The first-order chi connectivity index (χ1) is 7.72. The number of rotatable bonds is 3. The molecule has 0 atom stereocenters. The van der Waals surface area contributed by atoms with Crippen LogP contribution in [0.1, 0.15) is 19.8 Å². The van der Waals surface area contributed by atoms with Crippen molar-refractivity contribution in [2.24, 2.45) is 0 Å². The van der Waals surface area contributed by atoms with E-state index < -0.39 is 0 Å². The summed E-state index contributed by atoms with van der Waals surface area (Å²) >= 11 is 3.38. The maximum atomic E-state index is 12.1. The van der Waals surface area contributed by atoms with E-state index in [4.69, 9.17) is 0 Å². The number of hydrogen-bond acceptors (Lipinski definition) is 2. The second-order valence-corrected chi connectivity index (χ2v) is 4.67. The first-order valence-electron chi connectivity index (χ1n) is 5.37. The molecule has 0 saturated carbocycles. The molecule has 0 bridgehead atoms. The van der Waals surface area contributed by atoms with Gasteiger partial charge in [0.2, 0.25) is 0 Å². The lowest BCUT2D eigenvalue weighted by molar-refractivity contribution is 0.548. The summed E-state index contributed by atoms with van der Waals surface area (Å²) in [6.07, 6.45) is 3.79. The molecule has 0 amide bonds. The van der Waals surface area contributed by atoms with Crippen LogP contribution >= 0.6 is 15.9 Å². The highest BCUT2D eigenvalue weighted by Crippen LogP contribution is 2.15. The van der Waals surface area contributed by atoms with Gasteiger partial charge in [-0.15, -0.1) is 0 Å². The van der Waals surface area contributed by atoms with Gasteiger partial charge in [0.15, 0.2) is 0 Å². The van der Waals surface area contributed by atoms with Gasteiger partial charge in [-0.2, -0.15) is 5.10 Å². The molecule has 0 saturated heterocycles. The first-order valence-corrected chi connectivity index (χ1v) is 6.17. The normalized spacial score (nSPS) is 10.9. The Kier molecular flexibility index (Phi) is 3.39. The van der Waals surface area contributed by atoms with Crippen LogP contribution in [0.5, 0.6) is 0 Å². The highest BCUT2D eigenvalue weighted by Gasteiger charge is 2.03. The summed E-state index contributed by atoms with van der Waals surface area (Å²) in [7, 11) is 0. The van der Waals surface area contributed by atoms with E-state index in [0.29, 0.717) is 6.54 Å². The Morgan fingerprint density at radius 1 is 1.44 bits per heavy atom. The van der Waals surface area contributed by atoms with Gasteiger partial charge in [-0.1, -0.05) is 35.3 Å². The van der Waals surface area contributed by atoms with Crippen LogP contribution in [0.15, 0.2) is 33.7 Å². The summed E-state index contributed by atoms with van der Waals surface area (Å²) in [6, 6.07) is 5.67. The molecular weight excluding hydrogens is 268 g/mol. The van der Waals surface area contributed by atoms with Crippen LogP contribution in [0.4, 0.5) is 0 Å². The molecule has 16 heavy (non-hydrogen) atoms. The van der Waals surface area contributed by atoms with Crippen molar-refractivity contribution >= 4 is 26.7 Å². The minimum absolute atomic E-state index is 0.00718. The molecule has 3 nitrogen and oxygen atoms in total. The number of nitrogens with zero attached hydrogens (tertiary/aromatic N) is 2. The van der Waals surface area contributed by atoms with Gasteiger partial charge in [-0.25, -0.2) is 4.68 Å². The topological polar surface area (TPSA) is 34.9 Å². The van der Waals surface area contributed by atoms with Gasteiger partial charge in [-0.05, 0) is 18.6 Å². The third kappa shape index (κ3) is 2.16. The Morgan fingerprint density at radius 2 is 2.25 bits per heavy atom. The van der Waals surface area contributed by atoms with Gasteiger partial charge in [0.05, 0.1) is 11.6 Å². The fourth-order valence-electron chi connectivity index (χ4n) is 1.62. The van der Waals surface area contributed by atoms with E-state index in [2.05, 4.69) is 28.0 Å². The second kappa shape index (κ2) is 4.78. The van der Waals surface area contributed by atoms with Crippen LogP contribution in [0, 0.1) is 0 Å². The van der Waals surface area contributed by atoms with E-state index >= 15 is 0 Å². The Hall–Kier alpha value is -1.16. The smallest absolute Gasteiger partial charge is 0.267 e. The molecule has 0 unspecified atom stereocenters. The van der Waals surface area contributed by atoms with Gasteiger partial charge in [0.25, 0.3) is 5.56 Å². The number of halogens is 1. The van der Waals surface area contributed by atoms with Crippen molar-refractivity contribution in [1.82, 2.24) is 9.78 Å². The average molecular weight is 281 g/mol. The van der Waals surface area contributed by atoms with Gasteiger partial charge >= 0.3 is 0 Å². The molecule has 0 aliphatic carbocycles. The molecule has 2 aromatic rings. The van der Waals surface area contributed by atoms with Crippen LogP contribution in [0.2, 0.25) is 0 Å². The molecule has 1 heterocycles. The molecule has 4 heteroatoms. The molecule has 0 spiro atoms. The predicted molar refractivity (Wildman–Crippen MR) is 68.6 cm³/mol. The lowest BCUT2D eigenvalue weighted by Gasteiger charge is -2.04. The molecule has 84 valence electrons. The van der Waals surface area contributed by atoms with Crippen LogP contribution in [0.25, 0.3) is 10.8 Å². The fourth-order valence-corrected chi connectivity index (χ4v) is 1.98. The second-order valence-electron chi connectivity index (χ2n) is 3.76. The summed E-state index contributed by atoms with van der Waals surface area (Å²) in [5.41, 5.74) is -0.00718. The number of aromatic nitrogens is 2. The molecule has 0 N–H and O–H groups in total. The Labute approximate surface area is 102 Å². The predicted octanol–water partition coefficient (Wildman–Crippen LogP) is 2.96. The van der Waals surface area contributed by atoms with Crippen LogP contribution in [-0.4, -0.2) is 9.78 Å². The summed E-state index contributed by atoms with van der Waals surface area (Å²) in [4.78, 5) is 12.1. The van der Waals surface area contributed by atoms with Gasteiger partial charge in [-0.3, -0.25) is 4.79 Å². The standard InChI is InChI=1S/C12H13BrN2O/c1-2-3-6-15-12(16)11-7-10(13)5-4-9(11)8-14-15/h4-5,7-8H,2-3,6H2,1H3. The van der Waals surface area contributed by atoms with E-state index in [1.54, 1.807) is 6.20 Å². The van der Waals surface area contributed by atoms with E-state index in [9.17, 15) is 4.79 Å². The largest absolute Gasteiger partial charge is 0.274 e. The summed E-state index contributed by atoms with van der Waals surface area (Å²) < 4.78 is 2.46. The fraction of sp³-hybridized carbons (Fsp3) is 0.333.